The number of para-hydroxylation sites is 1. The fraction of sp³-hybridized carbons (Fsp3) is 0. The van der Waals surface area contributed by atoms with Crippen molar-refractivity contribution in [1.82, 2.24) is 0 Å². The summed E-state index contributed by atoms with van der Waals surface area (Å²) in [6.07, 6.45) is 0. The summed E-state index contributed by atoms with van der Waals surface area (Å²) < 4.78 is 19.0. The standard InChI is InChI=1S/C13H9BrFNO3/c14-9-5-4-7(6-10(9)15)19-12-8(13(17)18)2-1-3-11(12)16/h1-6H,16H2,(H,17,18). The van der Waals surface area contributed by atoms with Gasteiger partial charge >= 0.3 is 5.97 Å². The molecule has 0 aliphatic heterocycles. The monoisotopic (exact) mass is 325 g/mol. The molecule has 0 atom stereocenters. The molecule has 2 aromatic carbocycles. The first-order valence-corrected chi connectivity index (χ1v) is 6.03. The van der Waals surface area contributed by atoms with Gasteiger partial charge in [-0.2, -0.15) is 0 Å². The Morgan fingerprint density at radius 2 is 2.05 bits per heavy atom. The van der Waals surface area contributed by atoms with E-state index < -0.39 is 11.8 Å². The van der Waals surface area contributed by atoms with Crippen molar-refractivity contribution in [1.29, 1.82) is 0 Å². The van der Waals surface area contributed by atoms with Crippen LogP contribution in [0.1, 0.15) is 10.4 Å². The lowest BCUT2D eigenvalue weighted by Crippen LogP contribution is -2.03. The van der Waals surface area contributed by atoms with Crippen LogP contribution in [0, 0.1) is 5.82 Å². The number of benzene rings is 2. The Hall–Kier alpha value is -2.08. The molecular weight excluding hydrogens is 317 g/mol. The SMILES string of the molecule is Nc1cccc(C(=O)O)c1Oc1ccc(Br)c(F)c1. The summed E-state index contributed by atoms with van der Waals surface area (Å²) >= 11 is 3.02. The minimum absolute atomic E-state index is 0.00303. The topological polar surface area (TPSA) is 72.6 Å². The van der Waals surface area contributed by atoms with Gasteiger partial charge in [-0.05, 0) is 40.2 Å². The molecule has 98 valence electrons. The number of carboxylic acids is 1. The third kappa shape index (κ3) is 2.85. The molecule has 0 bridgehead atoms. The van der Waals surface area contributed by atoms with Crippen LogP contribution in [0.4, 0.5) is 10.1 Å². The zero-order chi connectivity index (χ0) is 14.0. The second kappa shape index (κ2) is 5.27. The van der Waals surface area contributed by atoms with E-state index in [0.717, 1.165) is 6.07 Å². The Labute approximate surface area is 116 Å². The summed E-state index contributed by atoms with van der Waals surface area (Å²) in [5.41, 5.74) is 5.77. The maximum Gasteiger partial charge on any atom is 0.339 e. The number of nitrogen functional groups attached to an aromatic ring is 1. The van der Waals surface area contributed by atoms with Crippen LogP contribution in [-0.4, -0.2) is 11.1 Å². The van der Waals surface area contributed by atoms with E-state index in [1.807, 2.05) is 0 Å². The third-order valence-corrected chi connectivity index (χ3v) is 3.03. The Bertz CT molecular complexity index is 646. The zero-order valence-electron chi connectivity index (χ0n) is 9.56. The quantitative estimate of drug-likeness (QED) is 0.844. The van der Waals surface area contributed by atoms with Gasteiger partial charge in [0.2, 0.25) is 0 Å². The number of halogens is 2. The van der Waals surface area contributed by atoms with Crippen LogP contribution < -0.4 is 10.5 Å². The van der Waals surface area contributed by atoms with Crippen molar-refractivity contribution in [2.75, 3.05) is 5.73 Å². The second-order valence-electron chi connectivity index (χ2n) is 3.71. The van der Waals surface area contributed by atoms with Crippen LogP contribution in [0.2, 0.25) is 0 Å². The van der Waals surface area contributed by atoms with Gasteiger partial charge in [0.05, 0.1) is 10.2 Å². The number of nitrogens with two attached hydrogens (primary N) is 1. The molecule has 3 N–H and O–H groups in total. The highest BCUT2D eigenvalue weighted by atomic mass is 79.9. The van der Waals surface area contributed by atoms with Crippen LogP contribution in [0.15, 0.2) is 40.9 Å². The van der Waals surface area contributed by atoms with Crippen LogP contribution in [0.5, 0.6) is 11.5 Å². The van der Waals surface area contributed by atoms with Crippen LogP contribution in [0.25, 0.3) is 0 Å². The molecule has 2 aromatic rings. The summed E-state index contributed by atoms with van der Waals surface area (Å²) in [6.45, 7) is 0. The Kier molecular flexibility index (Phi) is 3.71. The Balaban J connectivity index is 2.42. The maximum absolute atomic E-state index is 13.4. The number of hydrogen-bond acceptors (Lipinski definition) is 3. The molecule has 0 aliphatic rings. The fourth-order valence-electron chi connectivity index (χ4n) is 1.50. The van der Waals surface area contributed by atoms with Gasteiger partial charge in [-0.25, -0.2) is 9.18 Å². The molecule has 0 amide bonds. The van der Waals surface area contributed by atoms with E-state index in [1.54, 1.807) is 0 Å². The van der Waals surface area contributed by atoms with E-state index in [1.165, 1.54) is 30.3 Å². The van der Waals surface area contributed by atoms with Gasteiger partial charge in [-0.3, -0.25) is 0 Å². The zero-order valence-corrected chi connectivity index (χ0v) is 11.1. The smallest absolute Gasteiger partial charge is 0.339 e. The molecule has 0 saturated carbocycles. The molecule has 0 aromatic heterocycles. The molecule has 0 spiro atoms. The third-order valence-electron chi connectivity index (χ3n) is 2.39. The van der Waals surface area contributed by atoms with Gasteiger partial charge in [0.1, 0.15) is 17.1 Å². The van der Waals surface area contributed by atoms with E-state index in [0.29, 0.717) is 4.47 Å². The van der Waals surface area contributed by atoms with Crippen molar-refractivity contribution in [3.8, 4) is 11.5 Å². The molecule has 4 nitrogen and oxygen atoms in total. The maximum atomic E-state index is 13.4. The lowest BCUT2D eigenvalue weighted by Gasteiger charge is -2.11. The molecule has 0 heterocycles. The minimum Gasteiger partial charge on any atom is -0.478 e. The molecule has 2 rings (SSSR count). The Morgan fingerprint density at radius 3 is 2.68 bits per heavy atom. The highest BCUT2D eigenvalue weighted by molar-refractivity contribution is 9.10. The van der Waals surface area contributed by atoms with Crippen molar-refractivity contribution in [2.24, 2.45) is 0 Å². The van der Waals surface area contributed by atoms with E-state index in [-0.39, 0.29) is 22.7 Å². The van der Waals surface area contributed by atoms with Crippen molar-refractivity contribution in [2.45, 2.75) is 0 Å². The van der Waals surface area contributed by atoms with E-state index in [2.05, 4.69) is 15.9 Å². The predicted molar refractivity (Wildman–Crippen MR) is 72.0 cm³/mol. The Morgan fingerprint density at radius 1 is 1.32 bits per heavy atom. The number of carbonyl (C=O) groups is 1. The lowest BCUT2D eigenvalue weighted by molar-refractivity contribution is 0.0694. The van der Waals surface area contributed by atoms with Gasteiger partial charge in [0, 0.05) is 6.07 Å². The average Bonchev–Trinajstić information content (AvgIpc) is 2.36. The first-order chi connectivity index (χ1) is 8.99. The van der Waals surface area contributed by atoms with Gasteiger partial charge in [0.25, 0.3) is 0 Å². The largest absolute Gasteiger partial charge is 0.478 e. The first-order valence-electron chi connectivity index (χ1n) is 5.23. The van der Waals surface area contributed by atoms with Gasteiger partial charge in [-0.1, -0.05) is 6.07 Å². The highest BCUT2D eigenvalue weighted by Gasteiger charge is 2.15. The second-order valence-corrected chi connectivity index (χ2v) is 4.56. The molecule has 0 saturated heterocycles. The van der Waals surface area contributed by atoms with Crippen molar-refractivity contribution >= 4 is 27.6 Å². The molecule has 0 radical (unpaired) electrons. The predicted octanol–water partition coefficient (Wildman–Crippen LogP) is 3.66. The van der Waals surface area contributed by atoms with E-state index in [4.69, 9.17) is 15.6 Å². The summed E-state index contributed by atoms with van der Waals surface area (Å²) in [5.74, 6) is -1.51. The summed E-state index contributed by atoms with van der Waals surface area (Å²) in [4.78, 5) is 11.1. The number of anilines is 1. The number of aromatic carboxylic acids is 1. The van der Waals surface area contributed by atoms with E-state index in [9.17, 15) is 9.18 Å². The van der Waals surface area contributed by atoms with Gasteiger partial charge in [0.15, 0.2) is 5.75 Å². The fourth-order valence-corrected chi connectivity index (χ4v) is 1.74. The number of hydrogen-bond donors (Lipinski definition) is 2. The van der Waals surface area contributed by atoms with Gasteiger partial charge in [-0.15, -0.1) is 0 Å². The van der Waals surface area contributed by atoms with E-state index >= 15 is 0 Å². The van der Waals surface area contributed by atoms with Crippen LogP contribution in [0.3, 0.4) is 0 Å². The van der Waals surface area contributed by atoms with Crippen molar-refractivity contribution in [3.05, 3.63) is 52.3 Å². The molecule has 6 heteroatoms. The molecule has 19 heavy (non-hydrogen) atoms. The summed E-state index contributed by atoms with van der Waals surface area (Å²) in [6, 6.07) is 8.49. The minimum atomic E-state index is -1.17. The molecule has 0 fully saturated rings. The first kappa shape index (κ1) is 13.4. The molecule has 0 unspecified atom stereocenters. The molecule has 0 aliphatic carbocycles. The number of ether oxygens (including phenoxy) is 1. The van der Waals surface area contributed by atoms with Gasteiger partial charge < -0.3 is 15.6 Å². The number of rotatable bonds is 3. The molecular formula is C13H9BrFNO3. The number of carboxylic acid groups (broad SMARTS) is 1. The average molecular weight is 326 g/mol. The normalized spacial score (nSPS) is 10.2. The summed E-state index contributed by atoms with van der Waals surface area (Å²) in [7, 11) is 0. The lowest BCUT2D eigenvalue weighted by atomic mass is 10.1. The van der Waals surface area contributed by atoms with Crippen molar-refractivity contribution < 1.29 is 19.0 Å². The highest BCUT2D eigenvalue weighted by Crippen LogP contribution is 2.32. The van der Waals surface area contributed by atoms with Crippen LogP contribution in [-0.2, 0) is 0 Å². The van der Waals surface area contributed by atoms with Crippen LogP contribution >= 0.6 is 15.9 Å². The van der Waals surface area contributed by atoms with Crippen molar-refractivity contribution in [3.63, 3.8) is 0 Å². The summed E-state index contributed by atoms with van der Waals surface area (Å²) in [5, 5.41) is 9.05.